The molecule has 1 heterocycles. The number of carbonyl (C=O) groups is 1. The second-order valence-corrected chi connectivity index (χ2v) is 3.42. The molecule has 1 rings (SSSR count). The first-order chi connectivity index (χ1) is 6.49. The van der Waals surface area contributed by atoms with Gasteiger partial charge in [-0.25, -0.2) is 4.79 Å². The van der Waals surface area contributed by atoms with Crippen LogP contribution in [0.25, 0.3) is 5.57 Å². The average molecular weight is 193 g/mol. The molecule has 3 nitrogen and oxygen atoms in total. The first-order valence-corrected chi connectivity index (χ1v) is 4.59. The van der Waals surface area contributed by atoms with Gasteiger partial charge in [0.1, 0.15) is 0 Å². The van der Waals surface area contributed by atoms with Crippen LogP contribution in [0.3, 0.4) is 0 Å². The lowest BCUT2D eigenvalue weighted by Crippen LogP contribution is -2.01. The fourth-order valence-electron chi connectivity index (χ4n) is 1.68. The Labute approximate surface area is 83.5 Å². The molecule has 0 saturated carbocycles. The highest BCUT2D eigenvalue weighted by atomic mass is 16.4. The van der Waals surface area contributed by atoms with Crippen molar-refractivity contribution < 1.29 is 9.90 Å². The number of carboxylic acids is 1. The number of aromatic nitrogens is 1. The molecule has 0 fully saturated rings. The third-order valence-corrected chi connectivity index (χ3v) is 2.29. The van der Waals surface area contributed by atoms with E-state index >= 15 is 0 Å². The van der Waals surface area contributed by atoms with E-state index in [0.29, 0.717) is 17.7 Å². The summed E-state index contributed by atoms with van der Waals surface area (Å²) in [6.07, 6.45) is 0.703. The zero-order valence-corrected chi connectivity index (χ0v) is 8.77. The highest BCUT2D eigenvalue weighted by Crippen LogP contribution is 2.24. The van der Waals surface area contributed by atoms with E-state index in [1.54, 1.807) is 6.92 Å². The van der Waals surface area contributed by atoms with Crippen molar-refractivity contribution in [1.82, 2.24) is 4.98 Å². The van der Waals surface area contributed by atoms with E-state index in [-0.39, 0.29) is 0 Å². The Morgan fingerprint density at radius 2 is 2.14 bits per heavy atom. The first kappa shape index (κ1) is 10.6. The van der Waals surface area contributed by atoms with Crippen LogP contribution in [0.5, 0.6) is 0 Å². The maximum absolute atomic E-state index is 11.0. The van der Waals surface area contributed by atoms with Crippen LogP contribution >= 0.6 is 0 Å². The van der Waals surface area contributed by atoms with Crippen LogP contribution in [-0.2, 0) is 6.42 Å². The molecule has 0 aliphatic rings. The van der Waals surface area contributed by atoms with Gasteiger partial charge in [-0.05, 0) is 31.4 Å². The zero-order valence-electron chi connectivity index (χ0n) is 8.77. The molecule has 0 aromatic carbocycles. The molecule has 0 saturated heterocycles. The molecule has 0 atom stereocenters. The molecule has 0 spiro atoms. The quantitative estimate of drug-likeness (QED) is 0.775. The van der Waals surface area contributed by atoms with Gasteiger partial charge in [-0.1, -0.05) is 13.5 Å². The summed E-state index contributed by atoms with van der Waals surface area (Å²) < 4.78 is 0. The van der Waals surface area contributed by atoms with Crippen molar-refractivity contribution in [2.75, 3.05) is 0 Å². The fourth-order valence-corrected chi connectivity index (χ4v) is 1.68. The number of H-pyrrole nitrogens is 1. The van der Waals surface area contributed by atoms with Gasteiger partial charge in [0.2, 0.25) is 0 Å². The summed E-state index contributed by atoms with van der Waals surface area (Å²) in [5, 5.41) is 9.02. The number of hydrogen-bond acceptors (Lipinski definition) is 1. The van der Waals surface area contributed by atoms with Crippen LogP contribution in [0.15, 0.2) is 6.58 Å². The van der Waals surface area contributed by atoms with Crippen LogP contribution < -0.4 is 0 Å². The highest BCUT2D eigenvalue weighted by Gasteiger charge is 2.18. The van der Waals surface area contributed by atoms with Gasteiger partial charge in [-0.2, -0.15) is 0 Å². The molecule has 2 N–H and O–H groups in total. The van der Waals surface area contributed by atoms with Gasteiger partial charge < -0.3 is 10.1 Å². The lowest BCUT2D eigenvalue weighted by atomic mass is 10.0. The van der Waals surface area contributed by atoms with Crippen LogP contribution in [0.1, 0.15) is 41.2 Å². The van der Waals surface area contributed by atoms with Crippen molar-refractivity contribution in [2.45, 2.75) is 27.2 Å². The lowest BCUT2D eigenvalue weighted by Gasteiger charge is -2.01. The Morgan fingerprint density at radius 1 is 1.57 bits per heavy atom. The summed E-state index contributed by atoms with van der Waals surface area (Å²) in [5.41, 5.74) is 3.68. The zero-order chi connectivity index (χ0) is 10.9. The third-order valence-electron chi connectivity index (χ3n) is 2.29. The number of carboxylic acid groups (broad SMARTS) is 1. The molecule has 1 aromatic heterocycles. The Balaban J connectivity index is 3.43. The van der Waals surface area contributed by atoms with E-state index in [9.17, 15) is 4.79 Å². The predicted octanol–water partition coefficient (Wildman–Crippen LogP) is 2.62. The van der Waals surface area contributed by atoms with Crippen molar-refractivity contribution in [3.63, 3.8) is 0 Å². The molecule has 0 bridgehead atoms. The van der Waals surface area contributed by atoms with Gasteiger partial charge in [0.25, 0.3) is 0 Å². The van der Waals surface area contributed by atoms with Crippen molar-refractivity contribution >= 4 is 11.5 Å². The molecule has 0 unspecified atom stereocenters. The van der Waals surface area contributed by atoms with Gasteiger partial charge in [0.15, 0.2) is 0 Å². The fraction of sp³-hybridized carbons (Fsp3) is 0.364. The Bertz CT molecular complexity index is 388. The molecular weight excluding hydrogens is 178 g/mol. The lowest BCUT2D eigenvalue weighted by molar-refractivity contribution is 0.0695. The number of aromatic carboxylic acids is 1. The maximum atomic E-state index is 11.0. The number of aryl methyl sites for hydroxylation is 1. The van der Waals surface area contributed by atoms with E-state index < -0.39 is 5.97 Å². The monoisotopic (exact) mass is 193 g/mol. The standard InChI is InChI=1S/C11H15NO2/c1-5-8-9(11(13)14)7(4)12-10(8)6(2)3/h12H,2,5H2,1,3-4H3,(H,13,14). The first-order valence-electron chi connectivity index (χ1n) is 4.59. The molecule has 0 aliphatic carbocycles. The maximum Gasteiger partial charge on any atom is 0.337 e. The van der Waals surface area contributed by atoms with Gasteiger partial charge in [0, 0.05) is 11.4 Å². The third kappa shape index (κ3) is 1.58. The average Bonchev–Trinajstić information content (AvgIpc) is 2.41. The smallest absolute Gasteiger partial charge is 0.337 e. The minimum atomic E-state index is -0.872. The van der Waals surface area contributed by atoms with Crippen molar-refractivity contribution in [3.8, 4) is 0 Å². The van der Waals surface area contributed by atoms with Crippen LogP contribution in [0.4, 0.5) is 0 Å². The molecular formula is C11H15NO2. The molecule has 76 valence electrons. The van der Waals surface area contributed by atoms with Gasteiger partial charge in [0.05, 0.1) is 5.56 Å². The minimum absolute atomic E-state index is 0.394. The van der Waals surface area contributed by atoms with Crippen molar-refractivity contribution in [2.24, 2.45) is 0 Å². The summed E-state index contributed by atoms with van der Waals surface area (Å²) >= 11 is 0. The summed E-state index contributed by atoms with van der Waals surface area (Å²) in [5.74, 6) is -0.872. The van der Waals surface area contributed by atoms with E-state index in [0.717, 1.165) is 16.8 Å². The topological polar surface area (TPSA) is 53.1 Å². The number of nitrogens with one attached hydrogen (secondary N) is 1. The summed E-state index contributed by atoms with van der Waals surface area (Å²) in [4.78, 5) is 14.1. The summed E-state index contributed by atoms with van der Waals surface area (Å²) in [6, 6.07) is 0. The van der Waals surface area contributed by atoms with Crippen molar-refractivity contribution in [1.29, 1.82) is 0 Å². The SMILES string of the molecule is C=C(C)c1[nH]c(C)c(C(=O)O)c1CC. The largest absolute Gasteiger partial charge is 0.478 e. The molecule has 3 heteroatoms. The van der Waals surface area contributed by atoms with Crippen molar-refractivity contribution in [3.05, 3.63) is 29.1 Å². The van der Waals surface area contributed by atoms with Gasteiger partial charge in [-0.3, -0.25) is 0 Å². The predicted molar refractivity (Wildman–Crippen MR) is 56.6 cm³/mol. The van der Waals surface area contributed by atoms with Gasteiger partial charge in [-0.15, -0.1) is 0 Å². The Kier molecular flexibility index (Phi) is 2.79. The van der Waals surface area contributed by atoms with Crippen LogP contribution in [-0.4, -0.2) is 16.1 Å². The second kappa shape index (κ2) is 3.70. The summed E-state index contributed by atoms with van der Waals surface area (Å²) in [6.45, 7) is 9.41. The number of aromatic amines is 1. The molecule has 1 aromatic rings. The number of rotatable bonds is 3. The van der Waals surface area contributed by atoms with Crippen LogP contribution in [0, 0.1) is 6.92 Å². The van der Waals surface area contributed by atoms with Crippen LogP contribution in [0.2, 0.25) is 0 Å². The van der Waals surface area contributed by atoms with E-state index in [1.165, 1.54) is 0 Å². The molecule has 14 heavy (non-hydrogen) atoms. The Hall–Kier alpha value is -1.51. The molecule has 0 amide bonds. The van der Waals surface area contributed by atoms with Gasteiger partial charge >= 0.3 is 5.97 Å². The minimum Gasteiger partial charge on any atom is -0.478 e. The Morgan fingerprint density at radius 3 is 2.50 bits per heavy atom. The highest BCUT2D eigenvalue weighted by molar-refractivity contribution is 5.92. The molecule has 0 aliphatic heterocycles. The van der Waals surface area contributed by atoms with E-state index in [2.05, 4.69) is 11.6 Å². The van der Waals surface area contributed by atoms with E-state index in [4.69, 9.17) is 5.11 Å². The summed E-state index contributed by atoms with van der Waals surface area (Å²) in [7, 11) is 0. The number of hydrogen-bond donors (Lipinski definition) is 2. The van der Waals surface area contributed by atoms with E-state index in [1.807, 2.05) is 13.8 Å². The molecule has 0 radical (unpaired) electrons. The number of allylic oxidation sites excluding steroid dienone is 1. The normalized spacial score (nSPS) is 10.2. The second-order valence-electron chi connectivity index (χ2n) is 3.42.